The van der Waals surface area contributed by atoms with Gasteiger partial charge in [-0.2, -0.15) is 0 Å². The minimum Gasteiger partial charge on any atom is -0.396 e. The number of rotatable bonds is 15. The van der Waals surface area contributed by atoms with E-state index in [2.05, 4.69) is 22.5 Å². The minimum absolute atomic E-state index is 0.156. The molecule has 194 valence electrons. The summed E-state index contributed by atoms with van der Waals surface area (Å²) in [5, 5.41) is 27.1. The largest absolute Gasteiger partial charge is 0.396 e. The third-order valence-electron chi connectivity index (χ3n) is 5.54. The first-order valence-electron chi connectivity index (χ1n) is 11.3. The van der Waals surface area contributed by atoms with E-state index >= 15 is 0 Å². The van der Waals surface area contributed by atoms with E-state index in [-0.39, 0.29) is 41.9 Å². The molecule has 1 fully saturated rings. The Labute approximate surface area is 216 Å². The van der Waals surface area contributed by atoms with Gasteiger partial charge in [0, 0.05) is 43.0 Å². The van der Waals surface area contributed by atoms with Crippen LogP contribution in [0.3, 0.4) is 0 Å². The standard InChI is InChI=1S/C25H34Cl2FN3O4/c1-3-20(26)6-4-5-7-21-19(8-9-23(28)22(27)12-17(2)31-16-34)13-30-24(21)25(35)29-11-10-18(14-32)15-33/h3-6,8-9,12,16,18-19,21,24,30,32-33H,1,7,10-11,13-15H2,2H3,(H,29,35)(H,31,34)/b5-4-,9-8+,17-12+,20-6+,23-22-/t19?,21-,24-/m1/s1. The van der Waals surface area contributed by atoms with Crippen LogP contribution >= 0.6 is 23.2 Å². The molecule has 1 saturated heterocycles. The van der Waals surface area contributed by atoms with Gasteiger partial charge in [-0.15, -0.1) is 0 Å². The number of hydrogen-bond acceptors (Lipinski definition) is 5. The highest BCUT2D eigenvalue weighted by Crippen LogP contribution is 2.29. The van der Waals surface area contributed by atoms with Gasteiger partial charge >= 0.3 is 0 Å². The maximum Gasteiger partial charge on any atom is 0.237 e. The van der Waals surface area contributed by atoms with E-state index in [0.29, 0.717) is 43.1 Å². The Kier molecular flexibility index (Phi) is 15.2. The zero-order valence-electron chi connectivity index (χ0n) is 19.7. The Morgan fingerprint density at radius 3 is 2.66 bits per heavy atom. The summed E-state index contributed by atoms with van der Waals surface area (Å²) in [6, 6.07) is -0.517. The van der Waals surface area contributed by atoms with Crippen molar-refractivity contribution >= 4 is 35.5 Å². The first-order chi connectivity index (χ1) is 16.8. The van der Waals surface area contributed by atoms with Crippen LogP contribution in [0.5, 0.6) is 0 Å². The molecule has 0 aromatic heterocycles. The molecule has 0 aromatic carbocycles. The average Bonchev–Trinajstić information content (AvgIpc) is 3.25. The second kappa shape index (κ2) is 17.2. The molecule has 7 nitrogen and oxygen atoms in total. The second-order valence-electron chi connectivity index (χ2n) is 8.09. The third-order valence-corrected chi connectivity index (χ3v) is 6.11. The van der Waals surface area contributed by atoms with Crippen molar-refractivity contribution in [3.8, 4) is 0 Å². The maximum atomic E-state index is 14.5. The lowest BCUT2D eigenvalue weighted by Gasteiger charge is -2.21. The lowest BCUT2D eigenvalue weighted by Crippen LogP contribution is -2.44. The van der Waals surface area contributed by atoms with E-state index in [1.165, 1.54) is 18.2 Å². The summed E-state index contributed by atoms with van der Waals surface area (Å²) in [5.74, 6) is -1.50. The van der Waals surface area contributed by atoms with Gasteiger partial charge in [0.2, 0.25) is 12.3 Å². The van der Waals surface area contributed by atoms with Crippen molar-refractivity contribution < 1.29 is 24.2 Å². The number of aliphatic hydroxyl groups is 2. The predicted octanol–water partition coefficient (Wildman–Crippen LogP) is 3.18. The van der Waals surface area contributed by atoms with Crippen LogP contribution in [-0.4, -0.2) is 54.9 Å². The van der Waals surface area contributed by atoms with Gasteiger partial charge in [0.1, 0.15) is 5.83 Å². The maximum absolute atomic E-state index is 14.5. The van der Waals surface area contributed by atoms with Gasteiger partial charge in [0.25, 0.3) is 0 Å². The summed E-state index contributed by atoms with van der Waals surface area (Å²) in [6.45, 7) is 5.63. The summed E-state index contributed by atoms with van der Waals surface area (Å²) in [6.07, 6.45) is 12.5. The number of nitrogens with one attached hydrogen (secondary N) is 3. The van der Waals surface area contributed by atoms with Crippen LogP contribution in [0, 0.1) is 17.8 Å². The van der Waals surface area contributed by atoms with Gasteiger partial charge in [-0.25, -0.2) is 4.39 Å². The SMILES string of the molecule is C=C/C(Cl)=C\C=C/C[C@@H]1C(/C=C/C(F)=C(Cl)\C=C(/C)NC=O)CN[C@H]1C(=O)NCCC(CO)CO. The fourth-order valence-corrected chi connectivity index (χ4v) is 3.82. The van der Waals surface area contributed by atoms with Gasteiger partial charge in [-0.1, -0.05) is 54.1 Å². The first-order valence-corrected chi connectivity index (χ1v) is 12.0. The van der Waals surface area contributed by atoms with Crippen molar-refractivity contribution in [2.45, 2.75) is 25.8 Å². The lowest BCUT2D eigenvalue weighted by atomic mass is 9.86. The normalized spacial score (nSPS) is 22.1. The number of aliphatic hydroxyl groups excluding tert-OH is 2. The fourth-order valence-electron chi connectivity index (χ4n) is 3.52. The fraction of sp³-hybridized carbons (Fsp3) is 0.440. The Hall–Kier alpha value is -2.23. The molecule has 1 aliphatic heterocycles. The Morgan fingerprint density at radius 1 is 1.31 bits per heavy atom. The summed E-state index contributed by atoms with van der Waals surface area (Å²) in [7, 11) is 0. The Balaban J connectivity index is 2.98. The first kappa shape index (κ1) is 30.8. The second-order valence-corrected chi connectivity index (χ2v) is 8.93. The van der Waals surface area contributed by atoms with Crippen LogP contribution in [0.2, 0.25) is 0 Å². The molecule has 0 bridgehead atoms. The number of hydrogen-bond donors (Lipinski definition) is 5. The highest BCUT2D eigenvalue weighted by atomic mass is 35.5. The van der Waals surface area contributed by atoms with Crippen LogP contribution in [-0.2, 0) is 9.59 Å². The molecule has 1 heterocycles. The molecule has 0 aromatic rings. The van der Waals surface area contributed by atoms with Crippen LogP contribution < -0.4 is 16.0 Å². The smallest absolute Gasteiger partial charge is 0.237 e. The van der Waals surface area contributed by atoms with Gasteiger partial charge in [-0.3, -0.25) is 9.59 Å². The topological polar surface area (TPSA) is 111 Å². The molecule has 10 heteroatoms. The zero-order valence-corrected chi connectivity index (χ0v) is 21.2. The molecule has 1 unspecified atom stereocenters. The predicted molar refractivity (Wildman–Crippen MR) is 138 cm³/mol. The van der Waals surface area contributed by atoms with E-state index in [9.17, 15) is 24.2 Å². The molecule has 2 amide bonds. The van der Waals surface area contributed by atoms with Gasteiger partial charge < -0.3 is 26.2 Å². The van der Waals surface area contributed by atoms with E-state index in [4.69, 9.17) is 23.2 Å². The Morgan fingerprint density at radius 2 is 2.03 bits per heavy atom. The van der Waals surface area contributed by atoms with Crippen molar-refractivity contribution in [3.05, 3.63) is 70.7 Å². The molecule has 0 radical (unpaired) electrons. The van der Waals surface area contributed by atoms with Crippen molar-refractivity contribution in [2.75, 3.05) is 26.3 Å². The monoisotopic (exact) mass is 529 g/mol. The molecule has 5 N–H and O–H groups in total. The minimum atomic E-state index is -0.666. The van der Waals surface area contributed by atoms with Crippen molar-refractivity contribution in [1.29, 1.82) is 0 Å². The molecule has 0 saturated carbocycles. The van der Waals surface area contributed by atoms with Gasteiger partial charge in [0.15, 0.2) is 0 Å². The molecule has 1 rings (SSSR count). The van der Waals surface area contributed by atoms with Crippen molar-refractivity contribution in [2.24, 2.45) is 17.8 Å². The molecule has 0 spiro atoms. The summed E-state index contributed by atoms with van der Waals surface area (Å²) in [5.41, 5.74) is 0.395. The molecule has 3 atom stereocenters. The number of halogens is 3. The molecule has 1 aliphatic rings. The van der Waals surface area contributed by atoms with Crippen LogP contribution in [0.4, 0.5) is 4.39 Å². The molecular weight excluding hydrogens is 496 g/mol. The Bertz CT molecular complexity index is 867. The van der Waals surface area contributed by atoms with Crippen molar-refractivity contribution in [1.82, 2.24) is 16.0 Å². The summed E-state index contributed by atoms with van der Waals surface area (Å²) >= 11 is 11.9. The van der Waals surface area contributed by atoms with Crippen molar-refractivity contribution in [3.63, 3.8) is 0 Å². The molecule has 35 heavy (non-hydrogen) atoms. The molecular formula is C25H34Cl2FN3O4. The van der Waals surface area contributed by atoms with E-state index < -0.39 is 11.9 Å². The van der Waals surface area contributed by atoms with E-state index in [0.717, 1.165) is 0 Å². The third kappa shape index (κ3) is 11.4. The number of amides is 2. The van der Waals surface area contributed by atoms with Gasteiger partial charge in [0.05, 0.1) is 11.1 Å². The summed E-state index contributed by atoms with van der Waals surface area (Å²) < 4.78 is 14.5. The van der Waals surface area contributed by atoms with E-state index in [1.807, 2.05) is 6.08 Å². The quantitative estimate of drug-likeness (QED) is 0.165. The average molecular weight is 530 g/mol. The lowest BCUT2D eigenvalue weighted by molar-refractivity contribution is -0.123. The highest BCUT2D eigenvalue weighted by Gasteiger charge is 2.37. The number of allylic oxidation sites excluding steroid dienone is 10. The highest BCUT2D eigenvalue weighted by molar-refractivity contribution is 6.31. The van der Waals surface area contributed by atoms with Crippen LogP contribution in [0.1, 0.15) is 19.8 Å². The number of carbonyl (C=O) groups is 2. The van der Waals surface area contributed by atoms with Gasteiger partial charge in [-0.05, 0) is 49.8 Å². The van der Waals surface area contributed by atoms with E-state index in [1.54, 1.807) is 25.2 Å². The number of carbonyl (C=O) groups excluding carboxylic acids is 2. The summed E-state index contributed by atoms with van der Waals surface area (Å²) in [4.78, 5) is 23.3. The molecule has 0 aliphatic carbocycles. The zero-order chi connectivity index (χ0) is 26.2. The van der Waals surface area contributed by atoms with Crippen LogP contribution in [0.15, 0.2) is 70.7 Å². The van der Waals surface area contributed by atoms with Crippen LogP contribution in [0.25, 0.3) is 0 Å².